The standard InChI is InChI=1S/C21H24FN3O2/c1-3-10-25(2)21(26)12-16-8-9-23-14-17(16)11-19-13-20(27-24-19)15-4-6-18(22)7-5-15/h1,4-7,13,16-17,23H,8-12,14H2,2H3/t16-,17+/m1/s1. The molecule has 142 valence electrons. The minimum Gasteiger partial charge on any atom is -0.356 e. The van der Waals surface area contributed by atoms with Crippen molar-refractivity contribution >= 4 is 5.91 Å². The lowest BCUT2D eigenvalue weighted by Crippen LogP contribution is -2.40. The number of carbonyl (C=O) groups excluding carboxylic acids is 1. The molecule has 1 saturated heterocycles. The lowest BCUT2D eigenvalue weighted by molar-refractivity contribution is -0.131. The summed E-state index contributed by atoms with van der Waals surface area (Å²) in [6.45, 7) is 2.08. The largest absolute Gasteiger partial charge is 0.356 e. The molecule has 0 saturated carbocycles. The molecule has 0 aliphatic carbocycles. The van der Waals surface area contributed by atoms with Gasteiger partial charge in [-0.1, -0.05) is 11.1 Å². The van der Waals surface area contributed by atoms with Crippen molar-refractivity contribution in [3.05, 3.63) is 41.8 Å². The van der Waals surface area contributed by atoms with E-state index in [4.69, 9.17) is 10.9 Å². The fourth-order valence-corrected chi connectivity index (χ4v) is 3.52. The first-order chi connectivity index (χ1) is 13.1. The van der Waals surface area contributed by atoms with Crippen LogP contribution in [-0.4, -0.2) is 42.6 Å². The van der Waals surface area contributed by atoms with Crippen LogP contribution in [0.4, 0.5) is 4.39 Å². The number of nitrogens with zero attached hydrogens (tertiary/aromatic N) is 2. The summed E-state index contributed by atoms with van der Waals surface area (Å²) >= 11 is 0. The summed E-state index contributed by atoms with van der Waals surface area (Å²) in [7, 11) is 1.74. The van der Waals surface area contributed by atoms with Gasteiger partial charge >= 0.3 is 0 Å². The first-order valence-electron chi connectivity index (χ1n) is 9.16. The molecular formula is C21H24FN3O2. The monoisotopic (exact) mass is 369 g/mol. The predicted molar refractivity (Wildman–Crippen MR) is 101 cm³/mol. The van der Waals surface area contributed by atoms with E-state index in [1.165, 1.54) is 12.1 Å². The SMILES string of the molecule is C#CCN(C)C(=O)C[C@H]1CCNC[C@@H]1Cc1cc(-c2ccc(F)cc2)on1. The second-order valence-corrected chi connectivity index (χ2v) is 7.06. The maximum atomic E-state index is 13.1. The molecule has 27 heavy (non-hydrogen) atoms. The molecule has 2 atom stereocenters. The third-order valence-electron chi connectivity index (χ3n) is 5.12. The van der Waals surface area contributed by atoms with E-state index in [0.717, 1.165) is 37.2 Å². The number of rotatable bonds is 6. The number of amides is 1. The Bertz CT molecular complexity index is 810. The molecule has 1 aliphatic rings. The molecule has 0 radical (unpaired) electrons. The number of benzene rings is 1. The molecule has 1 N–H and O–H groups in total. The average Bonchev–Trinajstić information content (AvgIpc) is 3.12. The van der Waals surface area contributed by atoms with Gasteiger partial charge in [-0.25, -0.2) is 4.39 Å². The van der Waals surface area contributed by atoms with Gasteiger partial charge in [-0.05, 0) is 62.0 Å². The Kier molecular flexibility index (Phi) is 6.25. The zero-order chi connectivity index (χ0) is 19.2. The molecule has 1 amide bonds. The Morgan fingerprint density at radius 1 is 1.41 bits per heavy atom. The van der Waals surface area contributed by atoms with Crippen molar-refractivity contribution in [2.75, 3.05) is 26.7 Å². The van der Waals surface area contributed by atoms with Crippen molar-refractivity contribution < 1.29 is 13.7 Å². The molecule has 6 heteroatoms. The van der Waals surface area contributed by atoms with Gasteiger partial charge in [0, 0.05) is 25.1 Å². The summed E-state index contributed by atoms with van der Waals surface area (Å²) in [5.41, 5.74) is 1.64. The molecule has 2 heterocycles. The summed E-state index contributed by atoms with van der Waals surface area (Å²) in [6.07, 6.45) is 7.47. The van der Waals surface area contributed by atoms with Crippen LogP contribution in [0.5, 0.6) is 0 Å². The van der Waals surface area contributed by atoms with Gasteiger partial charge in [-0.2, -0.15) is 0 Å². The van der Waals surface area contributed by atoms with Crippen molar-refractivity contribution in [3.63, 3.8) is 0 Å². The predicted octanol–water partition coefficient (Wildman–Crippen LogP) is 2.73. The third-order valence-corrected chi connectivity index (χ3v) is 5.12. The molecule has 0 unspecified atom stereocenters. The number of piperidine rings is 1. The number of hydrogen-bond donors (Lipinski definition) is 1. The van der Waals surface area contributed by atoms with Gasteiger partial charge in [0.05, 0.1) is 12.2 Å². The molecule has 1 aromatic heterocycles. The number of terminal acetylenes is 1. The fourth-order valence-electron chi connectivity index (χ4n) is 3.52. The van der Waals surface area contributed by atoms with Gasteiger partial charge in [0.25, 0.3) is 0 Å². The van der Waals surface area contributed by atoms with E-state index in [9.17, 15) is 9.18 Å². The quantitative estimate of drug-likeness (QED) is 0.796. The zero-order valence-corrected chi connectivity index (χ0v) is 15.5. The maximum Gasteiger partial charge on any atom is 0.223 e. The van der Waals surface area contributed by atoms with Crippen LogP contribution in [0.1, 0.15) is 18.5 Å². The molecule has 1 aromatic carbocycles. The van der Waals surface area contributed by atoms with Crippen molar-refractivity contribution in [1.82, 2.24) is 15.4 Å². The van der Waals surface area contributed by atoms with Gasteiger partial charge in [0.1, 0.15) is 5.82 Å². The number of halogens is 1. The van der Waals surface area contributed by atoms with E-state index < -0.39 is 0 Å². The van der Waals surface area contributed by atoms with Crippen LogP contribution in [0.3, 0.4) is 0 Å². The molecular weight excluding hydrogens is 345 g/mol. The zero-order valence-electron chi connectivity index (χ0n) is 15.5. The summed E-state index contributed by atoms with van der Waals surface area (Å²) < 4.78 is 18.5. The first-order valence-corrected chi connectivity index (χ1v) is 9.16. The first kappa shape index (κ1) is 19.1. The Morgan fingerprint density at radius 3 is 2.93 bits per heavy atom. The Balaban J connectivity index is 1.65. The lowest BCUT2D eigenvalue weighted by Gasteiger charge is -2.32. The minimum atomic E-state index is -0.283. The van der Waals surface area contributed by atoms with Crippen LogP contribution in [0.15, 0.2) is 34.9 Å². The summed E-state index contributed by atoms with van der Waals surface area (Å²) in [5.74, 6) is 3.50. The van der Waals surface area contributed by atoms with E-state index in [1.807, 2.05) is 6.07 Å². The van der Waals surface area contributed by atoms with E-state index in [-0.39, 0.29) is 17.6 Å². The minimum absolute atomic E-state index is 0.0806. The smallest absolute Gasteiger partial charge is 0.223 e. The Labute approximate surface area is 158 Å². The topological polar surface area (TPSA) is 58.4 Å². The van der Waals surface area contributed by atoms with Crippen molar-refractivity contribution in [2.24, 2.45) is 11.8 Å². The lowest BCUT2D eigenvalue weighted by atomic mass is 9.81. The van der Waals surface area contributed by atoms with Crippen LogP contribution in [-0.2, 0) is 11.2 Å². The van der Waals surface area contributed by atoms with Gasteiger partial charge in [-0.15, -0.1) is 6.42 Å². The van der Waals surface area contributed by atoms with Crippen molar-refractivity contribution in [2.45, 2.75) is 19.3 Å². The Hall–Kier alpha value is -2.65. The van der Waals surface area contributed by atoms with Crippen LogP contribution in [0, 0.1) is 30.0 Å². The van der Waals surface area contributed by atoms with Crippen LogP contribution < -0.4 is 5.32 Å². The molecule has 0 bridgehead atoms. The van der Waals surface area contributed by atoms with Gasteiger partial charge in [0.2, 0.25) is 5.91 Å². The van der Waals surface area contributed by atoms with Gasteiger partial charge < -0.3 is 14.7 Å². The van der Waals surface area contributed by atoms with Crippen LogP contribution >= 0.6 is 0 Å². The summed E-state index contributed by atoms with van der Waals surface area (Å²) in [5, 5.41) is 7.57. The number of nitrogens with one attached hydrogen (secondary N) is 1. The van der Waals surface area contributed by atoms with E-state index in [2.05, 4.69) is 16.4 Å². The maximum absolute atomic E-state index is 13.1. The second-order valence-electron chi connectivity index (χ2n) is 7.06. The Morgan fingerprint density at radius 2 is 2.19 bits per heavy atom. The van der Waals surface area contributed by atoms with Gasteiger partial charge in [-0.3, -0.25) is 4.79 Å². The van der Waals surface area contributed by atoms with E-state index in [0.29, 0.717) is 24.6 Å². The second kappa shape index (κ2) is 8.83. The highest BCUT2D eigenvalue weighted by Gasteiger charge is 2.29. The van der Waals surface area contributed by atoms with Gasteiger partial charge in [0.15, 0.2) is 5.76 Å². The number of aromatic nitrogens is 1. The molecule has 1 fully saturated rings. The average molecular weight is 369 g/mol. The van der Waals surface area contributed by atoms with E-state index >= 15 is 0 Å². The van der Waals surface area contributed by atoms with Crippen LogP contribution in [0.25, 0.3) is 11.3 Å². The van der Waals surface area contributed by atoms with Crippen molar-refractivity contribution in [3.8, 4) is 23.7 Å². The normalized spacial score (nSPS) is 19.4. The molecule has 1 aliphatic heterocycles. The summed E-state index contributed by atoms with van der Waals surface area (Å²) in [6, 6.07) is 8.04. The molecule has 5 nitrogen and oxygen atoms in total. The highest BCUT2D eigenvalue weighted by molar-refractivity contribution is 5.76. The molecule has 0 spiro atoms. The van der Waals surface area contributed by atoms with Crippen LogP contribution in [0.2, 0.25) is 0 Å². The summed E-state index contributed by atoms with van der Waals surface area (Å²) in [4.78, 5) is 14.0. The highest BCUT2D eigenvalue weighted by atomic mass is 19.1. The number of carbonyl (C=O) groups is 1. The fraction of sp³-hybridized carbons (Fsp3) is 0.429. The number of hydrogen-bond acceptors (Lipinski definition) is 4. The molecule has 2 aromatic rings. The molecule has 3 rings (SSSR count). The highest BCUT2D eigenvalue weighted by Crippen LogP contribution is 2.28. The third kappa shape index (κ3) is 4.95. The van der Waals surface area contributed by atoms with Crippen molar-refractivity contribution in [1.29, 1.82) is 0 Å². The van der Waals surface area contributed by atoms with E-state index in [1.54, 1.807) is 24.1 Å².